The molecule has 2 aromatic rings. The van der Waals surface area contributed by atoms with Crippen molar-refractivity contribution >= 4 is 55.8 Å². The predicted molar refractivity (Wildman–Crippen MR) is 161 cm³/mol. The van der Waals surface area contributed by atoms with Gasteiger partial charge in [-0.15, -0.1) is 11.8 Å². The fourth-order valence-electron chi connectivity index (χ4n) is 4.50. The van der Waals surface area contributed by atoms with E-state index in [0.717, 1.165) is 17.1 Å². The van der Waals surface area contributed by atoms with Gasteiger partial charge >= 0.3 is 6.09 Å². The van der Waals surface area contributed by atoms with E-state index in [9.17, 15) is 18.0 Å². The molecule has 0 bridgehead atoms. The zero-order chi connectivity index (χ0) is 29.9. The second-order valence-electron chi connectivity index (χ2n) is 11.5. The summed E-state index contributed by atoms with van der Waals surface area (Å²) < 4.78 is 37.0. The normalized spacial score (nSPS) is 20.4. The first kappa shape index (κ1) is 30.8. The van der Waals surface area contributed by atoms with E-state index < -0.39 is 21.3 Å². The highest BCUT2D eigenvalue weighted by molar-refractivity contribution is 8.01. The van der Waals surface area contributed by atoms with Crippen LogP contribution < -0.4 is 5.32 Å². The Balaban J connectivity index is 1.21. The van der Waals surface area contributed by atoms with Crippen LogP contribution >= 0.6 is 23.1 Å². The minimum Gasteiger partial charge on any atom is -0.444 e. The molecule has 3 fully saturated rings. The van der Waals surface area contributed by atoms with Crippen molar-refractivity contribution in [3.8, 4) is 0 Å². The molecule has 0 unspecified atom stereocenters. The third-order valence-corrected chi connectivity index (χ3v) is 11.6. The molecule has 2 aliphatic heterocycles. The van der Waals surface area contributed by atoms with Gasteiger partial charge in [0.25, 0.3) is 5.91 Å². The fraction of sp³-hybridized carbons (Fsp3) is 0.571. The number of thioether (sulfide) groups is 1. The largest absolute Gasteiger partial charge is 0.444 e. The van der Waals surface area contributed by atoms with Crippen molar-refractivity contribution in [2.75, 3.05) is 31.6 Å². The fourth-order valence-corrected chi connectivity index (χ4v) is 8.42. The van der Waals surface area contributed by atoms with E-state index in [4.69, 9.17) is 14.3 Å². The highest BCUT2D eigenvalue weighted by Crippen LogP contribution is 2.36. The van der Waals surface area contributed by atoms with Crippen LogP contribution in [0.25, 0.3) is 0 Å². The van der Waals surface area contributed by atoms with Crippen LogP contribution in [0.2, 0.25) is 0 Å². The number of ether oxygens (including phenoxy) is 2. The quantitative estimate of drug-likeness (QED) is 0.306. The van der Waals surface area contributed by atoms with E-state index in [2.05, 4.69) is 15.5 Å². The number of anilines is 1. The zero-order valence-corrected chi connectivity index (χ0v) is 26.4. The van der Waals surface area contributed by atoms with Crippen LogP contribution in [0.1, 0.15) is 58.4 Å². The van der Waals surface area contributed by atoms with E-state index in [-0.39, 0.29) is 28.1 Å². The Labute approximate surface area is 254 Å². The lowest BCUT2D eigenvalue weighted by molar-refractivity contribution is -0.110. The average Bonchev–Trinajstić information content (AvgIpc) is 3.53. The van der Waals surface area contributed by atoms with Crippen LogP contribution in [0.15, 0.2) is 44.7 Å². The number of rotatable bonds is 9. The molecule has 5 rings (SSSR count). The van der Waals surface area contributed by atoms with Crippen molar-refractivity contribution in [1.29, 1.82) is 0 Å². The Hall–Kier alpha value is -2.68. The summed E-state index contributed by atoms with van der Waals surface area (Å²) in [6.07, 6.45) is 4.87. The SMILES string of the molecule is CC(C)(C)OC(=O)N1CCC(Sc2cnc(NC(=O)C(=NO[C@@H]3CCOC3)c3ccc(S(=O)(=O)C4CC4)cc3)s2)CC1. The topological polar surface area (TPSA) is 136 Å². The number of likely N-dealkylation sites (tertiary alicyclic amines) is 1. The lowest BCUT2D eigenvalue weighted by Crippen LogP contribution is -2.42. The molecule has 0 spiro atoms. The number of nitrogens with one attached hydrogen (secondary N) is 1. The summed E-state index contributed by atoms with van der Waals surface area (Å²) in [5.74, 6) is -0.511. The van der Waals surface area contributed by atoms with Gasteiger partial charge in [0.15, 0.2) is 26.8 Å². The Bertz CT molecular complexity index is 1400. The van der Waals surface area contributed by atoms with E-state index in [1.54, 1.807) is 35.0 Å². The van der Waals surface area contributed by atoms with Gasteiger partial charge in [-0.1, -0.05) is 28.6 Å². The van der Waals surface area contributed by atoms with Crippen LogP contribution in [0, 0.1) is 0 Å². The maximum Gasteiger partial charge on any atom is 0.410 e. The zero-order valence-electron chi connectivity index (χ0n) is 23.9. The van der Waals surface area contributed by atoms with E-state index in [1.165, 1.54) is 23.5 Å². The minimum absolute atomic E-state index is 0.0242. The van der Waals surface area contributed by atoms with Gasteiger partial charge in [-0.25, -0.2) is 18.2 Å². The van der Waals surface area contributed by atoms with Gasteiger partial charge in [0, 0.05) is 30.3 Å². The van der Waals surface area contributed by atoms with Crippen LogP contribution in [0.5, 0.6) is 0 Å². The van der Waals surface area contributed by atoms with Crippen LogP contribution in [-0.2, 0) is 28.9 Å². The molecule has 1 aromatic heterocycles. The summed E-state index contributed by atoms with van der Waals surface area (Å²) in [7, 11) is -3.35. The van der Waals surface area contributed by atoms with Crippen molar-refractivity contribution in [2.45, 2.75) is 84.2 Å². The van der Waals surface area contributed by atoms with Gasteiger partial charge in [-0.3, -0.25) is 10.1 Å². The number of hydrogen-bond donors (Lipinski definition) is 1. The summed E-state index contributed by atoms with van der Waals surface area (Å²) in [6.45, 7) is 7.79. The van der Waals surface area contributed by atoms with Crippen LogP contribution in [-0.4, -0.2) is 84.5 Å². The molecule has 1 aromatic carbocycles. The minimum atomic E-state index is -3.35. The summed E-state index contributed by atoms with van der Waals surface area (Å²) in [5, 5.41) is 7.39. The molecule has 11 nitrogen and oxygen atoms in total. The highest BCUT2D eigenvalue weighted by Gasteiger charge is 2.37. The third-order valence-electron chi connectivity index (χ3n) is 6.90. The number of aromatic nitrogens is 1. The van der Waals surface area contributed by atoms with E-state index in [0.29, 0.717) is 61.5 Å². The number of thiazole rings is 1. The molecule has 42 heavy (non-hydrogen) atoms. The maximum atomic E-state index is 13.4. The van der Waals surface area contributed by atoms with Crippen LogP contribution in [0.3, 0.4) is 0 Å². The number of carbonyl (C=O) groups is 2. The Morgan fingerprint density at radius 2 is 1.83 bits per heavy atom. The van der Waals surface area contributed by atoms with Gasteiger partial charge in [-0.05, 0) is 58.6 Å². The van der Waals surface area contributed by atoms with Crippen molar-refractivity contribution < 1.29 is 32.3 Å². The van der Waals surface area contributed by atoms with Gasteiger partial charge in [0.2, 0.25) is 0 Å². The number of nitrogens with zero attached hydrogens (tertiary/aromatic N) is 3. The molecule has 14 heteroatoms. The number of piperidine rings is 1. The lowest BCUT2D eigenvalue weighted by atomic mass is 10.1. The van der Waals surface area contributed by atoms with Gasteiger partial charge in [-0.2, -0.15) is 0 Å². The molecule has 2 amide bonds. The van der Waals surface area contributed by atoms with Crippen molar-refractivity contribution in [3.63, 3.8) is 0 Å². The van der Waals surface area contributed by atoms with Gasteiger partial charge < -0.3 is 19.2 Å². The van der Waals surface area contributed by atoms with Crippen molar-refractivity contribution in [2.24, 2.45) is 5.16 Å². The molecule has 1 saturated carbocycles. The number of carbonyl (C=O) groups excluding carboxylic acids is 2. The Kier molecular flexibility index (Phi) is 9.45. The molecule has 2 saturated heterocycles. The third kappa shape index (κ3) is 8.03. The number of oxime groups is 1. The van der Waals surface area contributed by atoms with Crippen molar-refractivity contribution in [3.05, 3.63) is 36.0 Å². The molecule has 3 aliphatic rings. The van der Waals surface area contributed by atoms with E-state index in [1.807, 2.05) is 20.8 Å². The number of hydrogen-bond acceptors (Lipinski definition) is 11. The average molecular weight is 637 g/mol. The van der Waals surface area contributed by atoms with Gasteiger partial charge in [0.1, 0.15) is 5.60 Å². The van der Waals surface area contributed by atoms with Gasteiger partial charge in [0.05, 0.1) is 33.8 Å². The number of sulfone groups is 1. The lowest BCUT2D eigenvalue weighted by Gasteiger charge is -2.33. The summed E-state index contributed by atoms with van der Waals surface area (Å²) in [5.41, 5.74) is -0.0614. The smallest absolute Gasteiger partial charge is 0.410 e. The number of benzene rings is 1. The Morgan fingerprint density at radius 3 is 2.45 bits per heavy atom. The predicted octanol–water partition coefficient (Wildman–Crippen LogP) is 4.72. The molecular weight excluding hydrogens is 601 g/mol. The van der Waals surface area contributed by atoms with Crippen LogP contribution in [0.4, 0.5) is 9.93 Å². The molecule has 228 valence electrons. The monoisotopic (exact) mass is 636 g/mol. The molecule has 1 atom stereocenters. The van der Waals surface area contributed by atoms with Crippen molar-refractivity contribution in [1.82, 2.24) is 9.88 Å². The summed E-state index contributed by atoms with van der Waals surface area (Å²) >= 11 is 3.04. The molecule has 1 N–H and O–H groups in total. The number of amides is 2. The molecule has 1 aliphatic carbocycles. The van der Waals surface area contributed by atoms with E-state index >= 15 is 0 Å². The Morgan fingerprint density at radius 1 is 1.12 bits per heavy atom. The first-order valence-electron chi connectivity index (χ1n) is 14.1. The second kappa shape index (κ2) is 12.9. The highest BCUT2D eigenvalue weighted by atomic mass is 32.2. The first-order valence-corrected chi connectivity index (χ1v) is 17.3. The first-order chi connectivity index (χ1) is 20.0. The maximum absolute atomic E-state index is 13.4. The molecular formula is C28H36N4O7S3. The standard InChI is InChI=1S/C28H36N4O7S3/c1-28(2,3)38-27(34)32-13-10-20(11-14-32)40-23-16-29-26(41-23)30-25(33)24(31-39-19-12-15-37-17-19)18-4-6-21(7-5-18)42(35,36)22-8-9-22/h4-7,16,19-20,22H,8-15,17H2,1-3H3,(H,29,30,33)/t19-/m1/s1. The summed E-state index contributed by atoms with van der Waals surface area (Å²) in [4.78, 5) is 37.7. The molecule has 0 radical (unpaired) electrons. The molecule has 3 heterocycles. The second-order valence-corrected chi connectivity index (χ2v) is 16.4. The summed E-state index contributed by atoms with van der Waals surface area (Å²) in [6, 6.07) is 6.18.